The van der Waals surface area contributed by atoms with Gasteiger partial charge in [0.05, 0.1) is 11.3 Å². The first-order valence-electron chi connectivity index (χ1n) is 7.82. The van der Waals surface area contributed by atoms with Crippen molar-refractivity contribution in [2.24, 2.45) is 0 Å². The van der Waals surface area contributed by atoms with Crippen LogP contribution in [-0.2, 0) is 0 Å². The molecule has 1 N–H and O–H groups in total. The zero-order valence-electron chi connectivity index (χ0n) is 12.7. The van der Waals surface area contributed by atoms with Crippen LogP contribution in [0.25, 0.3) is 11.4 Å². The molecule has 1 aliphatic rings. The fourth-order valence-electron chi connectivity index (χ4n) is 3.16. The largest absolute Gasteiger partial charge is 0.478 e. The van der Waals surface area contributed by atoms with E-state index in [4.69, 9.17) is 5.11 Å². The molecule has 1 aromatic carbocycles. The summed E-state index contributed by atoms with van der Waals surface area (Å²) in [6.07, 6.45) is 7.95. The van der Waals surface area contributed by atoms with Gasteiger partial charge in [-0.05, 0) is 31.2 Å². The van der Waals surface area contributed by atoms with E-state index in [1.54, 1.807) is 6.92 Å². The van der Waals surface area contributed by atoms with Gasteiger partial charge in [-0.1, -0.05) is 43.5 Å². The summed E-state index contributed by atoms with van der Waals surface area (Å²) in [7, 11) is 0. The smallest absolute Gasteiger partial charge is 0.339 e. The lowest BCUT2D eigenvalue weighted by atomic mass is 9.84. The highest BCUT2D eigenvalue weighted by molar-refractivity contribution is 5.88. The molecule has 1 heterocycles. The molecule has 22 heavy (non-hydrogen) atoms. The van der Waals surface area contributed by atoms with Gasteiger partial charge in [0.1, 0.15) is 0 Å². The van der Waals surface area contributed by atoms with Gasteiger partial charge in [-0.3, -0.25) is 0 Å². The predicted octanol–water partition coefficient (Wildman–Crippen LogP) is 4.20. The van der Waals surface area contributed by atoms with E-state index in [0.29, 0.717) is 17.4 Å². The van der Waals surface area contributed by atoms with Gasteiger partial charge in [0.25, 0.3) is 0 Å². The third kappa shape index (κ3) is 3.01. The maximum absolute atomic E-state index is 11.0. The molecule has 0 unspecified atom stereocenters. The summed E-state index contributed by atoms with van der Waals surface area (Å²) in [6.45, 7) is 1.70. The SMILES string of the molecule is Cc1nc(-c2ccc(C3CCCCC3)cc2)ncc1C(=O)O. The topological polar surface area (TPSA) is 63.1 Å². The number of benzene rings is 1. The van der Waals surface area contributed by atoms with Crippen LogP contribution in [0.15, 0.2) is 30.5 Å². The maximum Gasteiger partial charge on any atom is 0.339 e. The summed E-state index contributed by atoms with van der Waals surface area (Å²) in [5.74, 6) is 0.272. The number of aromatic carboxylic acids is 1. The highest BCUT2D eigenvalue weighted by Gasteiger charge is 2.16. The summed E-state index contributed by atoms with van der Waals surface area (Å²) in [5.41, 5.74) is 2.97. The second kappa shape index (κ2) is 6.26. The number of carboxylic acid groups (broad SMARTS) is 1. The van der Waals surface area contributed by atoms with Crippen molar-refractivity contribution < 1.29 is 9.90 Å². The standard InChI is InChI=1S/C18H20N2O2/c1-12-16(18(21)22)11-19-17(20-12)15-9-7-14(8-10-15)13-5-3-2-4-6-13/h7-11,13H,2-6H2,1H3,(H,21,22). The Bertz CT molecular complexity index is 674. The van der Waals surface area contributed by atoms with E-state index < -0.39 is 5.97 Å². The molecular formula is C18H20N2O2. The molecule has 0 radical (unpaired) electrons. The molecule has 1 fully saturated rings. The van der Waals surface area contributed by atoms with Crippen molar-refractivity contribution in [3.8, 4) is 11.4 Å². The average molecular weight is 296 g/mol. The summed E-state index contributed by atoms with van der Waals surface area (Å²) < 4.78 is 0. The second-order valence-corrected chi connectivity index (χ2v) is 5.95. The maximum atomic E-state index is 11.0. The van der Waals surface area contributed by atoms with Crippen LogP contribution in [0, 0.1) is 6.92 Å². The normalized spacial score (nSPS) is 15.7. The van der Waals surface area contributed by atoms with Crippen molar-refractivity contribution in [1.82, 2.24) is 9.97 Å². The van der Waals surface area contributed by atoms with Gasteiger partial charge in [-0.15, -0.1) is 0 Å². The van der Waals surface area contributed by atoms with Crippen molar-refractivity contribution in [1.29, 1.82) is 0 Å². The fraction of sp³-hybridized carbons (Fsp3) is 0.389. The molecule has 2 aromatic rings. The third-order valence-electron chi connectivity index (χ3n) is 4.46. The van der Waals surface area contributed by atoms with E-state index in [9.17, 15) is 4.79 Å². The van der Waals surface area contributed by atoms with E-state index in [1.165, 1.54) is 43.9 Å². The first-order valence-corrected chi connectivity index (χ1v) is 7.82. The number of aryl methyl sites for hydroxylation is 1. The molecule has 0 amide bonds. The Morgan fingerprint density at radius 3 is 2.41 bits per heavy atom. The number of aromatic nitrogens is 2. The van der Waals surface area contributed by atoms with Gasteiger partial charge in [-0.2, -0.15) is 0 Å². The monoisotopic (exact) mass is 296 g/mol. The zero-order chi connectivity index (χ0) is 15.5. The molecular weight excluding hydrogens is 276 g/mol. The first-order chi connectivity index (χ1) is 10.6. The molecule has 4 heteroatoms. The molecule has 0 spiro atoms. The molecule has 0 atom stereocenters. The van der Waals surface area contributed by atoms with Crippen LogP contribution in [0.3, 0.4) is 0 Å². The zero-order valence-corrected chi connectivity index (χ0v) is 12.7. The lowest BCUT2D eigenvalue weighted by Gasteiger charge is -2.22. The highest BCUT2D eigenvalue weighted by Crippen LogP contribution is 2.33. The molecule has 0 bridgehead atoms. The number of hydrogen-bond donors (Lipinski definition) is 1. The number of hydrogen-bond acceptors (Lipinski definition) is 3. The van der Waals surface area contributed by atoms with Crippen molar-refractivity contribution in [2.45, 2.75) is 44.9 Å². The Hall–Kier alpha value is -2.23. The number of rotatable bonds is 3. The number of nitrogens with zero attached hydrogens (tertiary/aromatic N) is 2. The van der Waals surface area contributed by atoms with Crippen molar-refractivity contribution >= 4 is 5.97 Å². The molecule has 114 valence electrons. The Kier molecular flexibility index (Phi) is 4.18. The van der Waals surface area contributed by atoms with Crippen LogP contribution < -0.4 is 0 Å². The van der Waals surface area contributed by atoms with Gasteiger partial charge in [0, 0.05) is 11.8 Å². The highest BCUT2D eigenvalue weighted by atomic mass is 16.4. The van der Waals surface area contributed by atoms with Crippen LogP contribution in [0.5, 0.6) is 0 Å². The van der Waals surface area contributed by atoms with Crippen LogP contribution in [0.2, 0.25) is 0 Å². The molecule has 0 saturated heterocycles. The Labute approximate surface area is 130 Å². The van der Waals surface area contributed by atoms with E-state index in [2.05, 4.69) is 22.1 Å². The van der Waals surface area contributed by atoms with Gasteiger partial charge in [0.2, 0.25) is 0 Å². The fourth-order valence-corrected chi connectivity index (χ4v) is 3.16. The minimum absolute atomic E-state index is 0.155. The second-order valence-electron chi connectivity index (χ2n) is 5.95. The lowest BCUT2D eigenvalue weighted by Crippen LogP contribution is -2.05. The van der Waals surface area contributed by atoms with E-state index in [1.807, 2.05) is 12.1 Å². The molecule has 3 rings (SSSR count). The van der Waals surface area contributed by atoms with E-state index in [-0.39, 0.29) is 5.56 Å². The summed E-state index contributed by atoms with van der Waals surface area (Å²) >= 11 is 0. The van der Waals surface area contributed by atoms with E-state index >= 15 is 0 Å². The van der Waals surface area contributed by atoms with Crippen LogP contribution >= 0.6 is 0 Å². The van der Waals surface area contributed by atoms with Gasteiger partial charge >= 0.3 is 5.97 Å². The molecule has 0 aliphatic heterocycles. The van der Waals surface area contributed by atoms with Gasteiger partial charge in [-0.25, -0.2) is 14.8 Å². The number of carboxylic acids is 1. The van der Waals surface area contributed by atoms with Crippen LogP contribution in [-0.4, -0.2) is 21.0 Å². The summed E-state index contributed by atoms with van der Waals surface area (Å²) in [5, 5.41) is 9.03. The minimum Gasteiger partial charge on any atom is -0.478 e. The minimum atomic E-state index is -0.989. The lowest BCUT2D eigenvalue weighted by molar-refractivity contribution is 0.0695. The molecule has 1 aliphatic carbocycles. The third-order valence-corrected chi connectivity index (χ3v) is 4.46. The van der Waals surface area contributed by atoms with E-state index in [0.717, 1.165) is 5.56 Å². The average Bonchev–Trinajstić information content (AvgIpc) is 2.55. The predicted molar refractivity (Wildman–Crippen MR) is 85.0 cm³/mol. The first kappa shape index (κ1) is 14.7. The number of carbonyl (C=O) groups is 1. The Morgan fingerprint density at radius 2 is 1.82 bits per heavy atom. The van der Waals surface area contributed by atoms with Gasteiger partial charge in [0.15, 0.2) is 5.82 Å². The summed E-state index contributed by atoms with van der Waals surface area (Å²) in [6, 6.07) is 8.41. The Balaban J connectivity index is 1.83. The molecule has 4 nitrogen and oxygen atoms in total. The molecule has 1 aromatic heterocycles. The van der Waals surface area contributed by atoms with Gasteiger partial charge < -0.3 is 5.11 Å². The molecule has 1 saturated carbocycles. The van der Waals surface area contributed by atoms with Crippen molar-refractivity contribution in [3.63, 3.8) is 0 Å². The quantitative estimate of drug-likeness (QED) is 0.922. The summed E-state index contributed by atoms with van der Waals surface area (Å²) in [4.78, 5) is 19.5. The van der Waals surface area contributed by atoms with Crippen LogP contribution in [0.1, 0.15) is 59.6 Å². The Morgan fingerprint density at radius 1 is 1.14 bits per heavy atom. The van der Waals surface area contributed by atoms with Crippen LogP contribution in [0.4, 0.5) is 0 Å². The van der Waals surface area contributed by atoms with Crippen molar-refractivity contribution in [3.05, 3.63) is 47.3 Å². The van der Waals surface area contributed by atoms with Crippen molar-refractivity contribution in [2.75, 3.05) is 0 Å².